The van der Waals surface area contributed by atoms with E-state index in [1.165, 1.54) is 0 Å². The second-order valence-corrected chi connectivity index (χ2v) is 3.64. The Morgan fingerprint density at radius 1 is 1.00 bits per heavy atom. The molecule has 0 aliphatic heterocycles. The third-order valence-electron chi connectivity index (χ3n) is 3.00. The molecule has 4 nitrogen and oxygen atoms in total. The Labute approximate surface area is 74.9 Å². The van der Waals surface area contributed by atoms with Gasteiger partial charge in [0, 0.05) is 23.8 Å². The molecular weight excluding hydrogens is 172 g/mol. The van der Waals surface area contributed by atoms with Crippen LogP contribution in [0.15, 0.2) is 12.2 Å². The average molecular weight is 180 g/mol. The molecule has 0 N–H and O–H groups in total. The number of fused-ring (bicyclic) bond motifs is 2. The summed E-state index contributed by atoms with van der Waals surface area (Å²) < 4.78 is 0. The third-order valence-corrected chi connectivity index (χ3v) is 3.00. The molecule has 1 saturated carbocycles. The quantitative estimate of drug-likeness (QED) is 0.457. The Balaban J connectivity index is 2.30. The standard InChI is InChI=1S/C9H10O4/c10-8(11)6-4-1-2-5(3-4)7(6)9(12)13/h1-2,4-7H,3H2,(H,10,11)(H,12,13)/p-2/t4-,5+,6-,7-/m0/s1. The lowest BCUT2D eigenvalue weighted by Gasteiger charge is -2.29. The van der Waals surface area contributed by atoms with E-state index in [1.54, 1.807) is 12.2 Å². The zero-order valence-electron chi connectivity index (χ0n) is 6.80. The Morgan fingerprint density at radius 3 is 1.69 bits per heavy atom. The molecule has 0 amide bonds. The molecular formula is C9H8O4-2. The zero-order chi connectivity index (χ0) is 9.59. The van der Waals surface area contributed by atoms with E-state index in [-0.39, 0.29) is 11.8 Å². The lowest BCUT2D eigenvalue weighted by molar-refractivity contribution is -0.327. The van der Waals surface area contributed by atoms with E-state index in [0.717, 1.165) is 0 Å². The highest BCUT2D eigenvalue weighted by Crippen LogP contribution is 2.47. The molecule has 0 saturated heterocycles. The second kappa shape index (κ2) is 2.58. The summed E-state index contributed by atoms with van der Waals surface area (Å²) >= 11 is 0. The summed E-state index contributed by atoms with van der Waals surface area (Å²) in [5, 5.41) is 21.3. The predicted octanol–water partition coefficient (Wildman–Crippen LogP) is -2.08. The first-order valence-electron chi connectivity index (χ1n) is 4.21. The number of carbonyl (C=O) groups is 2. The minimum Gasteiger partial charge on any atom is -0.550 e. The summed E-state index contributed by atoms with van der Waals surface area (Å²) in [7, 11) is 0. The fraction of sp³-hybridized carbons (Fsp3) is 0.556. The van der Waals surface area contributed by atoms with Crippen molar-refractivity contribution in [2.24, 2.45) is 23.7 Å². The Kier molecular flexibility index (Phi) is 1.65. The van der Waals surface area contributed by atoms with Gasteiger partial charge in [-0.3, -0.25) is 0 Å². The van der Waals surface area contributed by atoms with Crippen LogP contribution in [0.4, 0.5) is 0 Å². The van der Waals surface area contributed by atoms with Gasteiger partial charge in [0.2, 0.25) is 0 Å². The molecule has 0 aromatic carbocycles. The van der Waals surface area contributed by atoms with Crippen LogP contribution in [0.1, 0.15) is 6.42 Å². The highest BCUT2D eigenvalue weighted by atomic mass is 16.4. The van der Waals surface area contributed by atoms with Crippen molar-refractivity contribution in [3.8, 4) is 0 Å². The number of aliphatic carboxylic acids is 2. The van der Waals surface area contributed by atoms with Crippen molar-refractivity contribution in [2.75, 3.05) is 0 Å². The number of hydrogen-bond acceptors (Lipinski definition) is 4. The smallest absolute Gasteiger partial charge is 0.0457 e. The first-order valence-corrected chi connectivity index (χ1v) is 4.21. The molecule has 70 valence electrons. The minimum absolute atomic E-state index is 0.169. The molecule has 4 heteroatoms. The lowest BCUT2D eigenvalue weighted by atomic mass is 9.83. The summed E-state index contributed by atoms with van der Waals surface area (Å²) in [6.45, 7) is 0. The number of rotatable bonds is 2. The third kappa shape index (κ3) is 1.05. The SMILES string of the molecule is O=C([O-])[C@@H]1[C@@H](C(=O)[O-])[C@H]2C=C[C@@H]1C2. The van der Waals surface area contributed by atoms with Crippen LogP contribution in [0.5, 0.6) is 0 Å². The summed E-state index contributed by atoms with van der Waals surface area (Å²) in [6.07, 6.45) is 4.15. The average Bonchev–Trinajstić information content (AvgIpc) is 2.60. The van der Waals surface area contributed by atoms with Gasteiger partial charge in [-0.25, -0.2) is 0 Å². The van der Waals surface area contributed by atoms with Gasteiger partial charge >= 0.3 is 0 Å². The number of allylic oxidation sites excluding steroid dienone is 2. The molecule has 0 aromatic rings. The highest BCUT2D eigenvalue weighted by molar-refractivity contribution is 5.80. The molecule has 4 atom stereocenters. The van der Waals surface area contributed by atoms with E-state index < -0.39 is 23.8 Å². The van der Waals surface area contributed by atoms with E-state index in [2.05, 4.69) is 0 Å². The maximum absolute atomic E-state index is 10.7. The van der Waals surface area contributed by atoms with Crippen LogP contribution < -0.4 is 10.2 Å². The molecule has 0 radical (unpaired) electrons. The molecule has 2 bridgehead atoms. The van der Waals surface area contributed by atoms with E-state index in [0.29, 0.717) is 6.42 Å². The van der Waals surface area contributed by atoms with Crippen molar-refractivity contribution in [2.45, 2.75) is 6.42 Å². The summed E-state index contributed by atoms with van der Waals surface area (Å²) in [6, 6.07) is 0. The maximum Gasteiger partial charge on any atom is 0.0457 e. The minimum atomic E-state index is -1.27. The Hall–Kier alpha value is -1.32. The van der Waals surface area contributed by atoms with Crippen molar-refractivity contribution in [1.82, 2.24) is 0 Å². The second-order valence-electron chi connectivity index (χ2n) is 3.64. The molecule has 2 aliphatic rings. The van der Waals surface area contributed by atoms with E-state index in [4.69, 9.17) is 0 Å². The monoisotopic (exact) mass is 180 g/mol. The molecule has 2 rings (SSSR count). The number of hydrogen-bond donors (Lipinski definition) is 0. The fourth-order valence-corrected chi connectivity index (χ4v) is 2.46. The zero-order valence-corrected chi connectivity index (χ0v) is 6.80. The molecule has 0 spiro atoms. The van der Waals surface area contributed by atoms with Crippen LogP contribution in [0.3, 0.4) is 0 Å². The summed E-state index contributed by atoms with van der Waals surface area (Å²) in [4.78, 5) is 21.3. The molecule has 13 heavy (non-hydrogen) atoms. The molecule has 0 heterocycles. The van der Waals surface area contributed by atoms with Crippen molar-refractivity contribution >= 4 is 11.9 Å². The van der Waals surface area contributed by atoms with Crippen LogP contribution >= 0.6 is 0 Å². The van der Waals surface area contributed by atoms with Gasteiger partial charge in [-0.05, 0) is 18.3 Å². The van der Waals surface area contributed by atoms with Crippen molar-refractivity contribution in [1.29, 1.82) is 0 Å². The van der Waals surface area contributed by atoms with Crippen molar-refractivity contribution < 1.29 is 19.8 Å². The van der Waals surface area contributed by atoms with Gasteiger partial charge in [-0.1, -0.05) is 12.2 Å². The van der Waals surface area contributed by atoms with Crippen LogP contribution in [-0.4, -0.2) is 11.9 Å². The molecule has 0 unspecified atom stereocenters. The van der Waals surface area contributed by atoms with Crippen LogP contribution in [0.2, 0.25) is 0 Å². The van der Waals surface area contributed by atoms with Gasteiger partial charge in [-0.15, -0.1) is 0 Å². The van der Waals surface area contributed by atoms with Crippen molar-refractivity contribution in [3.05, 3.63) is 12.2 Å². The summed E-state index contributed by atoms with van der Waals surface area (Å²) in [5.41, 5.74) is 0. The summed E-state index contributed by atoms with van der Waals surface area (Å²) in [5.74, 6) is -4.66. The van der Waals surface area contributed by atoms with Crippen LogP contribution in [0.25, 0.3) is 0 Å². The lowest BCUT2D eigenvalue weighted by Crippen LogP contribution is -2.45. The van der Waals surface area contributed by atoms with Crippen molar-refractivity contribution in [3.63, 3.8) is 0 Å². The molecule has 1 fully saturated rings. The largest absolute Gasteiger partial charge is 0.550 e. The first-order chi connectivity index (χ1) is 6.11. The Bertz CT molecular complexity index is 266. The van der Waals surface area contributed by atoms with Gasteiger partial charge in [0.25, 0.3) is 0 Å². The topological polar surface area (TPSA) is 80.3 Å². The van der Waals surface area contributed by atoms with Gasteiger partial charge in [0.1, 0.15) is 0 Å². The van der Waals surface area contributed by atoms with Gasteiger partial charge in [0.15, 0.2) is 0 Å². The van der Waals surface area contributed by atoms with Gasteiger partial charge < -0.3 is 19.8 Å². The fourth-order valence-electron chi connectivity index (χ4n) is 2.46. The first kappa shape index (κ1) is 8.29. The highest BCUT2D eigenvalue weighted by Gasteiger charge is 2.45. The van der Waals surface area contributed by atoms with Gasteiger partial charge in [-0.2, -0.15) is 0 Å². The Morgan fingerprint density at radius 2 is 1.38 bits per heavy atom. The predicted molar refractivity (Wildman–Crippen MR) is 37.7 cm³/mol. The maximum atomic E-state index is 10.7. The number of carboxylic acids is 2. The van der Waals surface area contributed by atoms with Gasteiger partial charge in [0.05, 0.1) is 0 Å². The van der Waals surface area contributed by atoms with E-state index in [1.807, 2.05) is 0 Å². The normalized spacial score (nSPS) is 40.9. The van der Waals surface area contributed by atoms with Crippen LogP contribution in [0, 0.1) is 23.7 Å². The number of carbonyl (C=O) groups excluding carboxylic acids is 2. The van der Waals surface area contributed by atoms with E-state index in [9.17, 15) is 19.8 Å². The molecule has 0 aromatic heterocycles. The van der Waals surface area contributed by atoms with Crippen LogP contribution in [-0.2, 0) is 9.59 Å². The van der Waals surface area contributed by atoms with E-state index >= 15 is 0 Å². The number of carboxylic acid groups (broad SMARTS) is 2. The molecule has 2 aliphatic carbocycles.